The molecule has 1 aliphatic rings. The van der Waals surface area contributed by atoms with Gasteiger partial charge in [-0.3, -0.25) is 9.59 Å². The van der Waals surface area contributed by atoms with Crippen molar-refractivity contribution in [2.75, 3.05) is 13.1 Å². The molecule has 1 aliphatic carbocycles. The topological polar surface area (TPSA) is 57.6 Å². The number of carbonyl (C=O) groups is 2. The molecule has 19 heavy (non-hydrogen) atoms. The number of amides is 1. The van der Waals surface area contributed by atoms with Gasteiger partial charge < -0.3 is 10.0 Å². The molecular weight excluding hydrogens is 289 g/mol. The Bertz CT molecular complexity index is 515. The van der Waals surface area contributed by atoms with Crippen LogP contribution in [0.2, 0.25) is 10.0 Å². The summed E-state index contributed by atoms with van der Waals surface area (Å²) >= 11 is 11.7. The fourth-order valence-corrected chi connectivity index (χ4v) is 2.10. The van der Waals surface area contributed by atoms with E-state index in [-0.39, 0.29) is 17.5 Å². The molecule has 102 valence electrons. The average molecular weight is 302 g/mol. The first kappa shape index (κ1) is 14.2. The second kappa shape index (κ2) is 5.80. The Morgan fingerprint density at radius 2 is 1.95 bits per heavy atom. The summed E-state index contributed by atoms with van der Waals surface area (Å²) in [4.78, 5) is 24.4. The first-order valence-electron chi connectivity index (χ1n) is 5.93. The quantitative estimate of drug-likeness (QED) is 0.910. The van der Waals surface area contributed by atoms with Crippen LogP contribution in [0.25, 0.3) is 0 Å². The van der Waals surface area contributed by atoms with Gasteiger partial charge in [-0.05, 0) is 37.0 Å². The van der Waals surface area contributed by atoms with Crippen molar-refractivity contribution in [1.29, 1.82) is 0 Å². The molecule has 0 saturated heterocycles. The molecule has 2 rings (SSSR count). The normalized spacial score (nSPS) is 14.2. The lowest BCUT2D eigenvalue weighted by atomic mass is 10.2. The van der Waals surface area contributed by atoms with Crippen molar-refractivity contribution >= 4 is 35.1 Å². The lowest BCUT2D eigenvalue weighted by Crippen LogP contribution is -2.37. The third kappa shape index (κ3) is 3.85. The highest BCUT2D eigenvalue weighted by Gasteiger charge is 2.28. The Kier molecular flexibility index (Phi) is 4.32. The second-order valence-electron chi connectivity index (χ2n) is 4.65. The maximum absolute atomic E-state index is 12.3. The van der Waals surface area contributed by atoms with Crippen molar-refractivity contribution in [1.82, 2.24) is 4.90 Å². The molecular formula is C13H13Cl2NO3. The van der Waals surface area contributed by atoms with Crippen LogP contribution < -0.4 is 0 Å². The van der Waals surface area contributed by atoms with Gasteiger partial charge in [0, 0.05) is 12.1 Å². The summed E-state index contributed by atoms with van der Waals surface area (Å²) in [6.45, 7) is 0.182. The zero-order valence-electron chi connectivity index (χ0n) is 10.1. The number of aliphatic carboxylic acids is 1. The van der Waals surface area contributed by atoms with Gasteiger partial charge in [-0.25, -0.2) is 0 Å². The molecule has 0 unspecified atom stereocenters. The molecule has 0 spiro atoms. The number of benzene rings is 1. The second-order valence-corrected chi connectivity index (χ2v) is 5.47. The van der Waals surface area contributed by atoms with Gasteiger partial charge in [0.05, 0.1) is 10.0 Å². The minimum Gasteiger partial charge on any atom is -0.480 e. The van der Waals surface area contributed by atoms with E-state index in [0.717, 1.165) is 12.8 Å². The number of hydrogen-bond acceptors (Lipinski definition) is 2. The molecule has 0 atom stereocenters. The van der Waals surface area contributed by atoms with E-state index in [1.807, 2.05) is 0 Å². The van der Waals surface area contributed by atoms with E-state index in [1.165, 1.54) is 17.0 Å². The maximum atomic E-state index is 12.3. The smallest absolute Gasteiger partial charge is 0.323 e. The van der Waals surface area contributed by atoms with Gasteiger partial charge in [-0.1, -0.05) is 23.2 Å². The van der Waals surface area contributed by atoms with Crippen LogP contribution in [0.4, 0.5) is 0 Å². The minimum atomic E-state index is -1.02. The molecule has 0 aromatic heterocycles. The maximum Gasteiger partial charge on any atom is 0.323 e. The van der Waals surface area contributed by atoms with E-state index in [0.29, 0.717) is 23.0 Å². The fourth-order valence-electron chi connectivity index (χ4n) is 1.81. The van der Waals surface area contributed by atoms with E-state index in [9.17, 15) is 9.59 Å². The molecule has 1 aromatic rings. The summed E-state index contributed by atoms with van der Waals surface area (Å²) in [5.41, 5.74) is 0.358. The lowest BCUT2D eigenvalue weighted by molar-refractivity contribution is -0.137. The van der Waals surface area contributed by atoms with Crippen molar-refractivity contribution in [2.45, 2.75) is 12.8 Å². The molecule has 1 amide bonds. The molecule has 0 aliphatic heterocycles. The van der Waals surface area contributed by atoms with Crippen LogP contribution >= 0.6 is 23.2 Å². The molecule has 4 nitrogen and oxygen atoms in total. The number of hydrogen-bond donors (Lipinski definition) is 1. The summed E-state index contributed by atoms with van der Waals surface area (Å²) in [6, 6.07) is 4.56. The molecule has 1 fully saturated rings. The Morgan fingerprint density at radius 1 is 1.26 bits per heavy atom. The van der Waals surface area contributed by atoms with Crippen LogP contribution in [-0.2, 0) is 4.79 Å². The van der Waals surface area contributed by atoms with Crippen molar-refractivity contribution < 1.29 is 14.7 Å². The van der Waals surface area contributed by atoms with Gasteiger partial charge in [0.2, 0.25) is 0 Å². The zero-order chi connectivity index (χ0) is 14.0. The van der Waals surface area contributed by atoms with E-state index in [1.54, 1.807) is 6.07 Å². The van der Waals surface area contributed by atoms with E-state index >= 15 is 0 Å². The first-order valence-corrected chi connectivity index (χ1v) is 6.69. The van der Waals surface area contributed by atoms with Crippen molar-refractivity contribution in [3.63, 3.8) is 0 Å². The number of rotatable bonds is 5. The lowest BCUT2D eigenvalue weighted by Gasteiger charge is -2.20. The fraction of sp³-hybridized carbons (Fsp3) is 0.385. The van der Waals surface area contributed by atoms with Crippen LogP contribution in [0.5, 0.6) is 0 Å². The minimum absolute atomic E-state index is 0.286. The standard InChI is InChI=1S/C13H13Cl2NO3/c14-10-4-3-9(5-11(10)15)13(19)16(7-12(17)18)6-8-1-2-8/h3-5,8H,1-2,6-7H2,(H,17,18). The molecule has 1 saturated carbocycles. The number of carboxylic acid groups (broad SMARTS) is 1. The average Bonchev–Trinajstić information content (AvgIpc) is 3.14. The van der Waals surface area contributed by atoms with Gasteiger partial charge in [-0.2, -0.15) is 0 Å². The van der Waals surface area contributed by atoms with E-state index in [4.69, 9.17) is 28.3 Å². The van der Waals surface area contributed by atoms with E-state index in [2.05, 4.69) is 0 Å². The van der Waals surface area contributed by atoms with Gasteiger partial charge in [0.1, 0.15) is 6.54 Å². The van der Waals surface area contributed by atoms with Crippen LogP contribution in [0, 0.1) is 5.92 Å². The third-order valence-corrected chi connectivity index (χ3v) is 3.69. The predicted octanol–water partition coefficient (Wildman–Crippen LogP) is 2.93. The summed E-state index contributed by atoms with van der Waals surface area (Å²) in [5.74, 6) is -0.923. The molecule has 0 heterocycles. The highest BCUT2D eigenvalue weighted by atomic mass is 35.5. The Labute approximate surface area is 120 Å². The summed E-state index contributed by atoms with van der Waals surface area (Å²) in [5, 5.41) is 9.52. The largest absolute Gasteiger partial charge is 0.480 e. The van der Waals surface area contributed by atoms with Gasteiger partial charge in [-0.15, -0.1) is 0 Å². The number of halogens is 2. The molecule has 1 aromatic carbocycles. The Morgan fingerprint density at radius 3 is 2.47 bits per heavy atom. The number of carboxylic acids is 1. The van der Waals surface area contributed by atoms with Crippen LogP contribution in [0.3, 0.4) is 0 Å². The Balaban J connectivity index is 2.16. The SMILES string of the molecule is O=C(O)CN(CC1CC1)C(=O)c1ccc(Cl)c(Cl)c1. The monoisotopic (exact) mass is 301 g/mol. The summed E-state index contributed by atoms with van der Waals surface area (Å²) in [7, 11) is 0. The highest BCUT2D eigenvalue weighted by molar-refractivity contribution is 6.42. The third-order valence-electron chi connectivity index (χ3n) is 2.96. The summed E-state index contributed by atoms with van der Waals surface area (Å²) < 4.78 is 0. The zero-order valence-corrected chi connectivity index (χ0v) is 11.6. The van der Waals surface area contributed by atoms with Crippen molar-refractivity contribution in [3.05, 3.63) is 33.8 Å². The van der Waals surface area contributed by atoms with Crippen molar-refractivity contribution in [2.24, 2.45) is 5.92 Å². The molecule has 0 radical (unpaired) electrons. The molecule has 0 bridgehead atoms. The molecule has 6 heteroatoms. The van der Waals surface area contributed by atoms with Gasteiger partial charge in [0.25, 0.3) is 5.91 Å². The van der Waals surface area contributed by atoms with Crippen LogP contribution in [0.1, 0.15) is 23.2 Å². The van der Waals surface area contributed by atoms with Gasteiger partial charge >= 0.3 is 5.97 Å². The molecule has 1 N–H and O–H groups in total. The Hall–Kier alpha value is -1.26. The van der Waals surface area contributed by atoms with Gasteiger partial charge in [0.15, 0.2) is 0 Å². The first-order chi connectivity index (χ1) is 8.97. The number of carbonyl (C=O) groups excluding carboxylic acids is 1. The van der Waals surface area contributed by atoms with Crippen LogP contribution in [0.15, 0.2) is 18.2 Å². The predicted molar refractivity (Wildman–Crippen MR) is 72.7 cm³/mol. The number of nitrogens with zero attached hydrogens (tertiary/aromatic N) is 1. The van der Waals surface area contributed by atoms with Crippen molar-refractivity contribution in [3.8, 4) is 0 Å². The van der Waals surface area contributed by atoms with E-state index < -0.39 is 5.97 Å². The van der Waals surface area contributed by atoms with Crippen LogP contribution in [-0.4, -0.2) is 35.0 Å². The summed E-state index contributed by atoms with van der Waals surface area (Å²) in [6.07, 6.45) is 2.09. The highest BCUT2D eigenvalue weighted by Crippen LogP contribution is 2.30.